The first-order valence-corrected chi connectivity index (χ1v) is 13.4. The van der Waals surface area contributed by atoms with E-state index in [2.05, 4.69) is 20.9 Å². The monoisotopic (exact) mass is 548 g/mol. The number of ether oxygens (including phenoxy) is 3. The van der Waals surface area contributed by atoms with Gasteiger partial charge in [0.2, 0.25) is 6.79 Å². The largest absolute Gasteiger partial charge is 0.494 e. The van der Waals surface area contributed by atoms with E-state index in [1.54, 1.807) is 14.1 Å². The van der Waals surface area contributed by atoms with E-state index >= 15 is 0 Å². The Bertz CT molecular complexity index is 1100. The van der Waals surface area contributed by atoms with Crippen LogP contribution in [0.4, 0.5) is 16.2 Å². The summed E-state index contributed by atoms with van der Waals surface area (Å²) in [5.41, 5.74) is 3.02. The third-order valence-electron chi connectivity index (χ3n) is 6.46. The summed E-state index contributed by atoms with van der Waals surface area (Å²) in [5.74, 6) is 1.36. The highest BCUT2D eigenvalue weighted by molar-refractivity contribution is 6.43. The molecule has 0 radical (unpaired) electrons. The number of carbonyl (C=O) groups excluding carboxylic acids is 1. The van der Waals surface area contributed by atoms with Crippen molar-refractivity contribution < 1.29 is 19.0 Å². The minimum absolute atomic E-state index is 0.148. The van der Waals surface area contributed by atoms with Crippen LogP contribution in [0.2, 0.25) is 10.0 Å². The number of piperazine rings is 1. The maximum Gasteiger partial charge on any atom is 0.412 e. The van der Waals surface area contributed by atoms with Crippen LogP contribution >= 0.6 is 23.2 Å². The zero-order valence-corrected chi connectivity index (χ0v) is 22.9. The number of nitrogens with zero attached hydrogens (tertiary/aromatic N) is 4. The topological polar surface area (TPSA) is 66.8 Å². The fourth-order valence-electron chi connectivity index (χ4n) is 4.34. The summed E-state index contributed by atoms with van der Waals surface area (Å²) >= 11 is 12.6. The van der Waals surface area contributed by atoms with Gasteiger partial charge in [0.25, 0.3) is 0 Å². The van der Waals surface area contributed by atoms with Crippen LogP contribution in [0.3, 0.4) is 0 Å². The summed E-state index contributed by atoms with van der Waals surface area (Å²) in [6.07, 6.45) is 3.11. The first-order chi connectivity index (χ1) is 17.9. The maximum absolute atomic E-state index is 11.5. The average Bonchev–Trinajstić information content (AvgIpc) is 2.90. The lowest BCUT2D eigenvalue weighted by atomic mass is 10.0. The highest BCUT2D eigenvalue weighted by atomic mass is 35.5. The van der Waals surface area contributed by atoms with Crippen LogP contribution < -0.4 is 9.64 Å². The van der Waals surface area contributed by atoms with Crippen molar-refractivity contribution in [3.63, 3.8) is 0 Å². The molecule has 2 aliphatic rings. The minimum Gasteiger partial charge on any atom is -0.494 e. The van der Waals surface area contributed by atoms with Crippen LogP contribution in [0.25, 0.3) is 0 Å². The summed E-state index contributed by atoms with van der Waals surface area (Å²) in [6, 6.07) is 11.8. The van der Waals surface area contributed by atoms with Crippen molar-refractivity contribution in [3.8, 4) is 5.75 Å². The van der Waals surface area contributed by atoms with Gasteiger partial charge in [-0.1, -0.05) is 35.3 Å². The highest BCUT2D eigenvalue weighted by Crippen LogP contribution is 2.33. The molecule has 1 amide bonds. The number of unbranched alkanes of at least 4 members (excludes halogenated alkanes) is 1. The number of fused-ring (bicyclic) bond motifs is 1. The number of aryl methyl sites for hydroxylation is 1. The number of anilines is 1. The van der Waals surface area contributed by atoms with Gasteiger partial charge in [-0.3, -0.25) is 4.90 Å². The Morgan fingerprint density at radius 2 is 1.84 bits per heavy atom. The molecule has 2 aromatic rings. The Hall–Kier alpha value is -2.68. The Balaban J connectivity index is 1.15. The maximum atomic E-state index is 11.5. The van der Waals surface area contributed by atoms with Gasteiger partial charge in [0, 0.05) is 52.8 Å². The molecule has 200 valence electrons. The zero-order chi connectivity index (χ0) is 26.2. The second-order valence-corrected chi connectivity index (χ2v) is 10.1. The standard InChI is InChI=1S/C27H34Cl2N4O4/c1-31(2)27(34)37-19-36-25-11-9-20-8-10-21(18-23(20)30-25)35-17-4-3-12-32-13-15-33(16-14-32)24-7-5-6-22(28)26(24)29/h5-8,10,18H,3-4,9,11-17,19H2,1-2H3. The quantitative estimate of drug-likeness (QED) is 0.299. The van der Waals surface area contributed by atoms with Crippen LogP contribution in [-0.2, 0) is 15.9 Å². The van der Waals surface area contributed by atoms with E-state index in [9.17, 15) is 4.79 Å². The van der Waals surface area contributed by atoms with E-state index in [0.717, 1.165) is 74.7 Å². The van der Waals surface area contributed by atoms with Gasteiger partial charge in [-0.2, -0.15) is 0 Å². The lowest BCUT2D eigenvalue weighted by Crippen LogP contribution is -2.46. The minimum atomic E-state index is -0.447. The van der Waals surface area contributed by atoms with Gasteiger partial charge < -0.3 is 24.0 Å². The number of aliphatic imine (C=N–C) groups is 1. The second-order valence-electron chi connectivity index (χ2n) is 9.32. The van der Waals surface area contributed by atoms with Crippen LogP contribution in [0.15, 0.2) is 41.4 Å². The molecule has 10 heteroatoms. The predicted octanol–water partition coefficient (Wildman–Crippen LogP) is 5.62. The summed E-state index contributed by atoms with van der Waals surface area (Å²) in [4.78, 5) is 22.2. The van der Waals surface area contributed by atoms with Crippen LogP contribution in [0, 0.1) is 0 Å². The van der Waals surface area contributed by atoms with Crippen molar-refractivity contribution in [1.29, 1.82) is 0 Å². The molecule has 2 aromatic carbocycles. The van der Waals surface area contributed by atoms with Crippen LogP contribution in [-0.4, -0.2) is 82.0 Å². The lowest BCUT2D eigenvalue weighted by molar-refractivity contribution is 0.0353. The zero-order valence-electron chi connectivity index (χ0n) is 21.4. The molecule has 0 aliphatic carbocycles. The number of carbonyl (C=O) groups is 1. The van der Waals surface area contributed by atoms with Crippen molar-refractivity contribution in [1.82, 2.24) is 9.80 Å². The van der Waals surface area contributed by atoms with Gasteiger partial charge in [-0.15, -0.1) is 0 Å². The fourth-order valence-corrected chi connectivity index (χ4v) is 4.75. The Morgan fingerprint density at radius 3 is 2.62 bits per heavy atom. The van der Waals surface area contributed by atoms with Gasteiger partial charge in [-0.05, 0) is 49.6 Å². The van der Waals surface area contributed by atoms with Crippen LogP contribution in [0.5, 0.6) is 5.75 Å². The van der Waals surface area contributed by atoms with E-state index < -0.39 is 6.09 Å². The average molecular weight is 549 g/mol. The van der Waals surface area contributed by atoms with E-state index in [0.29, 0.717) is 29.0 Å². The fraction of sp³-hybridized carbons (Fsp3) is 0.481. The third kappa shape index (κ3) is 7.66. The molecule has 1 fully saturated rings. The van der Waals surface area contributed by atoms with E-state index in [1.165, 1.54) is 4.90 Å². The summed E-state index contributed by atoms with van der Waals surface area (Å²) in [6.45, 7) is 5.45. The summed E-state index contributed by atoms with van der Waals surface area (Å²) in [5, 5.41) is 1.24. The number of rotatable bonds is 9. The number of hydrogen-bond acceptors (Lipinski definition) is 7. The first-order valence-electron chi connectivity index (χ1n) is 12.6. The number of amides is 1. The van der Waals surface area contributed by atoms with Gasteiger partial charge in [-0.25, -0.2) is 9.79 Å². The second kappa shape index (κ2) is 13.2. The molecule has 0 saturated carbocycles. The van der Waals surface area contributed by atoms with Gasteiger partial charge in [0.05, 0.1) is 28.0 Å². The molecule has 0 N–H and O–H groups in total. The molecular formula is C27H34Cl2N4O4. The van der Waals surface area contributed by atoms with E-state index in [1.807, 2.05) is 30.3 Å². The van der Waals surface area contributed by atoms with Gasteiger partial charge in [0.15, 0.2) is 5.90 Å². The molecule has 0 atom stereocenters. The molecule has 0 bridgehead atoms. The third-order valence-corrected chi connectivity index (χ3v) is 7.27. The highest BCUT2D eigenvalue weighted by Gasteiger charge is 2.19. The number of hydrogen-bond donors (Lipinski definition) is 0. The molecule has 0 unspecified atom stereocenters. The van der Waals surface area contributed by atoms with E-state index in [-0.39, 0.29) is 6.79 Å². The molecule has 0 spiro atoms. The van der Waals surface area contributed by atoms with Gasteiger partial charge >= 0.3 is 6.09 Å². The predicted molar refractivity (Wildman–Crippen MR) is 148 cm³/mol. The molecule has 4 rings (SSSR count). The Labute approximate surface area is 228 Å². The van der Waals surface area contributed by atoms with Gasteiger partial charge in [0.1, 0.15) is 5.75 Å². The van der Waals surface area contributed by atoms with E-state index in [4.69, 9.17) is 37.4 Å². The molecule has 37 heavy (non-hydrogen) atoms. The first kappa shape index (κ1) is 27.4. The molecule has 2 heterocycles. The lowest BCUT2D eigenvalue weighted by Gasteiger charge is -2.36. The van der Waals surface area contributed by atoms with Crippen LogP contribution in [0.1, 0.15) is 24.8 Å². The summed E-state index contributed by atoms with van der Waals surface area (Å²) < 4.78 is 16.5. The SMILES string of the molecule is CN(C)C(=O)OCOC1=Nc2cc(OCCCCN3CCN(c4cccc(Cl)c4Cl)CC3)ccc2CC1. The van der Waals surface area contributed by atoms with Crippen molar-refractivity contribution in [2.24, 2.45) is 4.99 Å². The number of halogens is 2. The molecule has 1 saturated heterocycles. The Kier molecular flexibility index (Phi) is 9.77. The smallest absolute Gasteiger partial charge is 0.412 e. The van der Waals surface area contributed by atoms with Crippen molar-refractivity contribution in [2.45, 2.75) is 25.7 Å². The normalized spacial score (nSPS) is 15.6. The molecular weight excluding hydrogens is 515 g/mol. The molecule has 8 nitrogen and oxygen atoms in total. The summed E-state index contributed by atoms with van der Waals surface area (Å²) in [7, 11) is 3.25. The Morgan fingerprint density at radius 1 is 1.03 bits per heavy atom. The molecule has 2 aliphatic heterocycles. The van der Waals surface area contributed by atoms with Crippen molar-refractivity contribution in [2.75, 3.05) is 65.1 Å². The van der Waals surface area contributed by atoms with Crippen molar-refractivity contribution >= 4 is 46.6 Å². The number of benzene rings is 2. The van der Waals surface area contributed by atoms with Crippen molar-refractivity contribution in [3.05, 3.63) is 52.0 Å². The molecule has 0 aromatic heterocycles.